The monoisotopic (exact) mass is 171 g/mol. The molecule has 1 fully saturated rings. The first kappa shape index (κ1) is 10.0. The maximum absolute atomic E-state index is 5.60. The molecule has 12 heavy (non-hydrogen) atoms. The average Bonchev–Trinajstić information content (AvgIpc) is 2.05. The minimum absolute atomic E-state index is 0.484. The van der Waals surface area contributed by atoms with E-state index in [-0.39, 0.29) is 0 Å². The van der Waals surface area contributed by atoms with Crippen LogP contribution in [0.1, 0.15) is 33.1 Å². The number of hydrogen-bond donors (Lipinski definition) is 1. The van der Waals surface area contributed by atoms with Gasteiger partial charge in [-0.25, -0.2) is 0 Å². The first-order valence-corrected chi connectivity index (χ1v) is 5.11. The molecule has 1 atom stereocenters. The summed E-state index contributed by atoms with van der Waals surface area (Å²) in [6.45, 7) is 7.58. The fourth-order valence-electron chi connectivity index (χ4n) is 1.50. The lowest BCUT2D eigenvalue weighted by Gasteiger charge is -2.23. The maximum atomic E-state index is 5.60. The predicted octanol–water partition coefficient (Wildman–Crippen LogP) is 1.80. The first-order chi connectivity index (χ1) is 5.79. The topological polar surface area (TPSA) is 21.3 Å². The van der Waals surface area contributed by atoms with Crippen LogP contribution in [0.2, 0.25) is 0 Å². The quantitative estimate of drug-likeness (QED) is 0.696. The third kappa shape index (κ3) is 4.07. The lowest BCUT2D eigenvalue weighted by atomic mass is 10.1. The zero-order chi connectivity index (χ0) is 8.81. The van der Waals surface area contributed by atoms with E-state index in [2.05, 4.69) is 19.2 Å². The van der Waals surface area contributed by atoms with Crippen molar-refractivity contribution in [3.05, 3.63) is 0 Å². The van der Waals surface area contributed by atoms with Gasteiger partial charge in [0.25, 0.3) is 0 Å². The van der Waals surface area contributed by atoms with Gasteiger partial charge in [-0.15, -0.1) is 0 Å². The second kappa shape index (κ2) is 5.55. The minimum atomic E-state index is 0.484. The predicted molar refractivity (Wildman–Crippen MR) is 51.3 cm³/mol. The molecule has 1 aliphatic rings. The Labute approximate surface area is 75.7 Å². The smallest absolute Gasteiger partial charge is 0.0699 e. The third-order valence-corrected chi connectivity index (χ3v) is 2.20. The Morgan fingerprint density at radius 1 is 1.42 bits per heavy atom. The van der Waals surface area contributed by atoms with Gasteiger partial charge in [-0.05, 0) is 31.7 Å². The maximum Gasteiger partial charge on any atom is 0.0699 e. The Morgan fingerprint density at radius 2 is 2.25 bits per heavy atom. The molecule has 1 unspecified atom stereocenters. The fourth-order valence-corrected chi connectivity index (χ4v) is 1.50. The summed E-state index contributed by atoms with van der Waals surface area (Å²) >= 11 is 0. The second-order valence-corrected chi connectivity index (χ2v) is 4.04. The van der Waals surface area contributed by atoms with E-state index in [4.69, 9.17) is 4.74 Å². The van der Waals surface area contributed by atoms with E-state index < -0.39 is 0 Å². The van der Waals surface area contributed by atoms with Gasteiger partial charge < -0.3 is 10.1 Å². The molecule has 0 spiro atoms. The van der Waals surface area contributed by atoms with Gasteiger partial charge in [0.05, 0.1) is 6.10 Å². The highest BCUT2D eigenvalue weighted by molar-refractivity contribution is 4.66. The van der Waals surface area contributed by atoms with Crippen molar-refractivity contribution < 1.29 is 4.74 Å². The summed E-state index contributed by atoms with van der Waals surface area (Å²) < 4.78 is 5.60. The Bertz CT molecular complexity index is 108. The summed E-state index contributed by atoms with van der Waals surface area (Å²) in [6.07, 6.45) is 4.32. The van der Waals surface area contributed by atoms with Gasteiger partial charge in [0.2, 0.25) is 0 Å². The van der Waals surface area contributed by atoms with Gasteiger partial charge in [0.1, 0.15) is 0 Å². The van der Waals surface area contributed by atoms with Crippen LogP contribution in [0.25, 0.3) is 0 Å². The molecule has 0 amide bonds. The number of ether oxygens (including phenoxy) is 1. The van der Waals surface area contributed by atoms with Crippen molar-refractivity contribution in [3.8, 4) is 0 Å². The van der Waals surface area contributed by atoms with E-state index in [1.807, 2.05) is 0 Å². The Balaban J connectivity index is 1.98. The standard InChI is InChI=1S/C10H21NO/c1-9(2)7-11-8-10-5-3-4-6-12-10/h9-11H,3-8H2,1-2H3. The third-order valence-electron chi connectivity index (χ3n) is 2.20. The molecule has 2 heteroatoms. The molecule has 1 N–H and O–H groups in total. The highest BCUT2D eigenvalue weighted by Crippen LogP contribution is 2.11. The van der Waals surface area contributed by atoms with Crippen LogP contribution in [0, 0.1) is 5.92 Å². The average molecular weight is 171 g/mol. The van der Waals surface area contributed by atoms with Crippen molar-refractivity contribution in [3.63, 3.8) is 0 Å². The van der Waals surface area contributed by atoms with Crippen LogP contribution >= 0.6 is 0 Å². The van der Waals surface area contributed by atoms with Crippen LogP contribution < -0.4 is 5.32 Å². The normalized spacial score (nSPS) is 24.8. The van der Waals surface area contributed by atoms with Crippen LogP contribution in [-0.2, 0) is 4.74 Å². The van der Waals surface area contributed by atoms with Crippen molar-refractivity contribution >= 4 is 0 Å². The summed E-state index contributed by atoms with van der Waals surface area (Å²) in [5.74, 6) is 0.744. The molecule has 1 saturated heterocycles. The van der Waals surface area contributed by atoms with Crippen LogP contribution in [0.5, 0.6) is 0 Å². The van der Waals surface area contributed by atoms with Crippen LogP contribution in [0.15, 0.2) is 0 Å². The molecule has 0 aromatic rings. The summed E-state index contributed by atoms with van der Waals surface area (Å²) in [5, 5.41) is 3.43. The molecule has 2 nitrogen and oxygen atoms in total. The van der Waals surface area contributed by atoms with Gasteiger partial charge in [0.15, 0.2) is 0 Å². The fraction of sp³-hybridized carbons (Fsp3) is 1.00. The zero-order valence-electron chi connectivity index (χ0n) is 8.31. The second-order valence-electron chi connectivity index (χ2n) is 4.04. The summed E-state index contributed by atoms with van der Waals surface area (Å²) in [6, 6.07) is 0. The minimum Gasteiger partial charge on any atom is -0.377 e. The lowest BCUT2D eigenvalue weighted by molar-refractivity contribution is 0.0167. The Kier molecular flexibility index (Phi) is 4.62. The SMILES string of the molecule is CC(C)CNCC1CCCCO1. The highest BCUT2D eigenvalue weighted by Gasteiger charge is 2.12. The van der Waals surface area contributed by atoms with E-state index in [0.29, 0.717) is 6.10 Å². The molecule has 72 valence electrons. The van der Waals surface area contributed by atoms with Crippen LogP contribution in [-0.4, -0.2) is 25.8 Å². The largest absolute Gasteiger partial charge is 0.377 e. The van der Waals surface area contributed by atoms with E-state index in [1.165, 1.54) is 19.3 Å². The molecule has 0 bridgehead atoms. The molecular formula is C10H21NO. The van der Waals surface area contributed by atoms with Gasteiger partial charge in [0, 0.05) is 13.2 Å². The lowest BCUT2D eigenvalue weighted by Crippen LogP contribution is -2.33. The Morgan fingerprint density at radius 3 is 2.83 bits per heavy atom. The number of nitrogens with one attached hydrogen (secondary N) is 1. The molecule has 0 aromatic heterocycles. The number of rotatable bonds is 4. The van der Waals surface area contributed by atoms with E-state index in [0.717, 1.165) is 25.6 Å². The van der Waals surface area contributed by atoms with Gasteiger partial charge in [-0.1, -0.05) is 13.8 Å². The van der Waals surface area contributed by atoms with Crippen molar-refractivity contribution in [2.45, 2.75) is 39.2 Å². The van der Waals surface area contributed by atoms with Gasteiger partial charge >= 0.3 is 0 Å². The molecule has 0 aromatic carbocycles. The molecule has 1 aliphatic heterocycles. The summed E-state index contributed by atoms with van der Waals surface area (Å²) in [4.78, 5) is 0. The van der Waals surface area contributed by atoms with Crippen molar-refractivity contribution in [1.29, 1.82) is 0 Å². The molecule has 0 radical (unpaired) electrons. The van der Waals surface area contributed by atoms with E-state index in [1.54, 1.807) is 0 Å². The van der Waals surface area contributed by atoms with Crippen molar-refractivity contribution in [1.82, 2.24) is 5.32 Å². The van der Waals surface area contributed by atoms with E-state index in [9.17, 15) is 0 Å². The van der Waals surface area contributed by atoms with Gasteiger partial charge in [-0.2, -0.15) is 0 Å². The zero-order valence-corrected chi connectivity index (χ0v) is 8.31. The summed E-state index contributed by atoms with van der Waals surface area (Å²) in [7, 11) is 0. The number of hydrogen-bond acceptors (Lipinski definition) is 2. The Hall–Kier alpha value is -0.0800. The molecule has 0 aliphatic carbocycles. The van der Waals surface area contributed by atoms with Crippen molar-refractivity contribution in [2.75, 3.05) is 19.7 Å². The molecule has 1 rings (SSSR count). The van der Waals surface area contributed by atoms with Crippen molar-refractivity contribution in [2.24, 2.45) is 5.92 Å². The highest BCUT2D eigenvalue weighted by atomic mass is 16.5. The first-order valence-electron chi connectivity index (χ1n) is 5.11. The molecule has 1 heterocycles. The van der Waals surface area contributed by atoms with Crippen LogP contribution in [0.4, 0.5) is 0 Å². The van der Waals surface area contributed by atoms with E-state index >= 15 is 0 Å². The molecular weight excluding hydrogens is 150 g/mol. The van der Waals surface area contributed by atoms with Crippen LogP contribution in [0.3, 0.4) is 0 Å². The van der Waals surface area contributed by atoms with Gasteiger partial charge in [-0.3, -0.25) is 0 Å². The summed E-state index contributed by atoms with van der Waals surface area (Å²) in [5.41, 5.74) is 0. The molecule has 0 saturated carbocycles.